The molecule has 0 aromatic heterocycles. The molecule has 18 heavy (non-hydrogen) atoms. The molecular formula is C15H28BrNO. The van der Waals surface area contributed by atoms with Gasteiger partial charge < -0.3 is 5.32 Å². The van der Waals surface area contributed by atoms with E-state index >= 15 is 0 Å². The lowest BCUT2D eigenvalue weighted by molar-refractivity contribution is -0.132. The first kappa shape index (κ1) is 16.0. The second-order valence-electron chi connectivity index (χ2n) is 6.76. The number of amides is 1. The Balaban J connectivity index is 2.40. The fourth-order valence-electron chi connectivity index (χ4n) is 2.73. The molecule has 3 heteroatoms. The monoisotopic (exact) mass is 317 g/mol. The van der Waals surface area contributed by atoms with Crippen LogP contribution < -0.4 is 5.32 Å². The van der Waals surface area contributed by atoms with Crippen LogP contribution in [0.1, 0.15) is 65.7 Å². The van der Waals surface area contributed by atoms with Crippen molar-refractivity contribution in [3.05, 3.63) is 0 Å². The summed E-state index contributed by atoms with van der Waals surface area (Å²) in [6, 6.07) is 0. The Labute approximate surface area is 120 Å². The van der Waals surface area contributed by atoms with Crippen LogP contribution in [0, 0.1) is 10.8 Å². The molecular weight excluding hydrogens is 290 g/mol. The van der Waals surface area contributed by atoms with Crippen LogP contribution in [0.5, 0.6) is 0 Å². The molecule has 0 radical (unpaired) electrons. The molecule has 1 rings (SSSR count). The van der Waals surface area contributed by atoms with Crippen molar-refractivity contribution in [2.75, 3.05) is 11.9 Å². The molecule has 1 saturated carbocycles. The van der Waals surface area contributed by atoms with E-state index in [2.05, 4.69) is 42.0 Å². The van der Waals surface area contributed by atoms with Crippen LogP contribution in [0.3, 0.4) is 0 Å². The topological polar surface area (TPSA) is 29.1 Å². The minimum atomic E-state index is -0.107. The molecule has 106 valence electrons. The Kier molecular flexibility index (Phi) is 6.16. The molecule has 1 N–H and O–H groups in total. The highest BCUT2D eigenvalue weighted by Crippen LogP contribution is 2.36. The van der Waals surface area contributed by atoms with Crippen molar-refractivity contribution in [3.63, 3.8) is 0 Å². The summed E-state index contributed by atoms with van der Waals surface area (Å²) in [5.74, 6) is 0.272. The summed E-state index contributed by atoms with van der Waals surface area (Å²) in [6.07, 6.45) is 8.13. The molecule has 0 atom stereocenters. The van der Waals surface area contributed by atoms with E-state index in [0.29, 0.717) is 0 Å². The zero-order valence-electron chi connectivity index (χ0n) is 12.2. The van der Waals surface area contributed by atoms with Crippen molar-refractivity contribution in [1.29, 1.82) is 0 Å². The van der Waals surface area contributed by atoms with Gasteiger partial charge in [-0.1, -0.05) is 56.0 Å². The molecule has 2 nitrogen and oxygen atoms in total. The third-order valence-corrected chi connectivity index (χ3v) is 4.78. The number of rotatable bonds is 6. The maximum atomic E-state index is 12.3. The number of hydrogen-bond donors (Lipinski definition) is 1. The van der Waals surface area contributed by atoms with Crippen molar-refractivity contribution in [3.8, 4) is 0 Å². The lowest BCUT2D eigenvalue weighted by Gasteiger charge is -2.34. The van der Waals surface area contributed by atoms with E-state index in [0.717, 1.165) is 31.1 Å². The largest absolute Gasteiger partial charge is 0.355 e. The van der Waals surface area contributed by atoms with Gasteiger partial charge in [-0.3, -0.25) is 4.79 Å². The van der Waals surface area contributed by atoms with Gasteiger partial charge in [-0.05, 0) is 31.1 Å². The first-order valence-electron chi connectivity index (χ1n) is 7.24. The van der Waals surface area contributed by atoms with Gasteiger partial charge in [0.15, 0.2) is 0 Å². The Morgan fingerprint density at radius 3 is 2.44 bits per heavy atom. The van der Waals surface area contributed by atoms with Crippen molar-refractivity contribution in [2.24, 2.45) is 10.8 Å². The van der Waals surface area contributed by atoms with E-state index in [1.807, 2.05) is 0 Å². The van der Waals surface area contributed by atoms with Crippen LogP contribution in [0.4, 0.5) is 0 Å². The Morgan fingerprint density at radius 2 is 1.89 bits per heavy atom. The number of nitrogens with one attached hydrogen (secondary N) is 1. The van der Waals surface area contributed by atoms with Gasteiger partial charge in [-0.2, -0.15) is 0 Å². The molecule has 0 aromatic rings. The summed E-state index contributed by atoms with van der Waals surface area (Å²) < 4.78 is 0. The zero-order valence-corrected chi connectivity index (χ0v) is 13.7. The van der Waals surface area contributed by atoms with Gasteiger partial charge in [0.1, 0.15) is 0 Å². The Bertz CT molecular complexity index is 270. The van der Waals surface area contributed by atoms with Crippen molar-refractivity contribution < 1.29 is 4.79 Å². The summed E-state index contributed by atoms with van der Waals surface area (Å²) in [7, 11) is 0. The molecule has 0 aliphatic heterocycles. The maximum Gasteiger partial charge on any atom is 0.225 e. The van der Waals surface area contributed by atoms with Crippen LogP contribution in [0.25, 0.3) is 0 Å². The number of carbonyl (C=O) groups excluding carboxylic acids is 1. The second-order valence-corrected chi connectivity index (χ2v) is 7.55. The van der Waals surface area contributed by atoms with E-state index in [1.165, 1.54) is 25.7 Å². The molecule has 1 aliphatic rings. The smallest absolute Gasteiger partial charge is 0.225 e. The van der Waals surface area contributed by atoms with E-state index in [4.69, 9.17) is 0 Å². The number of alkyl halides is 1. The number of hydrogen-bond acceptors (Lipinski definition) is 1. The molecule has 1 amide bonds. The van der Waals surface area contributed by atoms with Crippen LogP contribution in [0.15, 0.2) is 0 Å². The van der Waals surface area contributed by atoms with Crippen LogP contribution in [0.2, 0.25) is 0 Å². The molecule has 1 fully saturated rings. The van der Waals surface area contributed by atoms with E-state index < -0.39 is 0 Å². The van der Waals surface area contributed by atoms with Crippen molar-refractivity contribution in [1.82, 2.24) is 5.32 Å². The Morgan fingerprint density at radius 1 is 1.28 bits per heavy atom. The van der Waals surface area contributed by atoms with Crippen LogP contribution >= 0.6 is 15.9 Å². The molecule has 0 bridgehead atoms. The molecule has 0 heterocycles. The highest BCUT2D eigenvalue weighted by atomic mass is 79.9. The molecule has 0 unspecified atom stereocenters. The SMILES string of the molecule is CC(C)(CCCBr)CNC(=O)C1(C)CCCCC1. The lowest BCUT2D eigenvalue weighted by Crippen LogP contribution is -2.43. The summed E-state index contributed by atoms with van der Waals surface area (Å²) in [5.41, 5.74) is 0.0954. The predicted octanol–water partition coefficient (Wildman–Crippen LogP) is 4.27. The zero-order chi connectivity index (χ0) is 13.6. The number of carbonyl (C=O) groups is 1. The summed E-state index contributed by atoms with van der Waals surface area (Å²) >= 11 is 3.47. The van der Waals surface area contributed by atoms with Gasteiger partial charge >= 0.3 is 0 Å². The quantitative estimate of drug-likeness (QED) is 0.728. The van der Waals surface area contributed by atoms with Crippen molar-refractivity contribution >= 4 is 21.8 Å². The third kappa shape index (κ3) is 4.91. The van der Waals surface area contributed by atoms with Gasteiger partial charge in [0.05, 0.1) is 0 Å². The molecule has 1 aliphatic carbocycles. The van der Waals surface area contributed by atoms with E-state index in [-0.39, 0.29) is 16.7 Å². The predicted molar refractivity (Wildman–Crippen MR) is 81.0 cm³/mol. The van der Waals surface area contributed by atoms with Gasteiger partial charge in [-0.25, -0.2) is 0 Å². The number of halogens is 1. The van der Waals surface area contributed by atoms with Gasteiger partial charge in [0.25, 0.3) is 0 Å². The van der Waals surface area contributed by atoms with Crippen LogP contribution in [-0.4, -0.2) is 17.8 Å². The molecule has 0 spiro atoms. The minimum Gasteiger partial charge on any atom is -0.355 e. The van der Waals surface area contributed by atoms with Gasteiger partial charge in [-0.15, -0.1) is 0 Å². The van der Waals surface area contributed by atoms with E-state index in [9.17, 15) is 4.79 Å². The summed E-state index contributed by atoms with van der Waals surface area (Å²) in [4.78, 5) is 12.3. The normalized spacial score (nSPS) is 19.6. The molecule has 0 aromatic carbocycles. The van der Waals surface area contributed by atoms with E-state index in [1.54, 1.807) is 0 Å². The minimum absolute atomic E-state index is 0.107. The summed E-state index contributed by atoms with van der Waals surface area (Å²) in [5, 5.41) is 4.23. The fraction of sp³-hybridized carbons (Fsp3) is 0.933. The van der Waals surface area contributed by atoms with Crippen molar-refractivity contribution in [2.45, 2.75) is 65.7 Å². The average molecular weight is 318 g/mol. The summed E-state index contributed by atoms with van der Waals surface area (Å²) in [6.45, 7) is 7.40. The highest BCUT2D eigenvalue weighted by molar-refractivity contribution is 9.09. The van der Waals surface area contributed by atoms with Crippen LogP contribution in [-0.2, 0) is 4.79 Å². The van der Waals surface area contributed by atoms with Gasteiger partial charge in [0, 0.05) is 17.3 Å². The molecule has 0 saturated heterocycles. The highest BCUT2D eigenvalue weighted by Gasteiger charge is 2.34. The second kappa shape index (κ2) is 6.93. The first-order chi connectivity index (χ1) is 8.40. The standard InChI is InChI=1S/C15H28BrNO/c1-14(2,8-7-11-16)12-17-13(18)15(3)9-5-4-6-10-15/h4-12H2,1-3H3,(H,17,18). The first-order valence-corrected chi connectivity index (χ1v) is 8.36. The fourth-order valence-corrected chi connectivity index (χ4v) is 3.01. The Hall–Kier alpha value is -0.0500. The lowest BCUT2D eigenvalue weighted by atomic mass is 9.75. The average Bonchev–Trinajstić information content (AvgIpc) is 2.34. The van der Waals surface area contributed by atoms with Gasteiger partial charge in [0.2, 0.25) is 5.91 Å². The third-order valence-electron chi connectivity index (χ3n) is 4.22. The maximum absolute atomic E-state index is 12.3.